The fourth-order valence-corrected chi connectivity index (χ4v) is 5.55. The van der Waals surface area contributed by atoms with Crippen molar-refractivity contribution in [2.24, 2.45) is 0 Å². The van der Waals surface area contributed by atoms with E-state index in [9.17, 15) is 17.2 Å². The lowest BCUT2D eigenvalue weighted by Crippen LogP contribution is -2.38. The van der Waals surface area contributed by atoms with Crippen LogP contribution >= 0.6 is 23.2 Å². The molecular formula is C23H17Cl2F2NO3S. The fraction of sp³-hybridized carbons (Fsp3) is 0.130. The molecule has 1 aliphatic rings. The van der Waals surface area contributed by atoms with Gasteiger partial charge in [0.05, 0.1) is 27.2 Å². The van der Waals surface area contributed by atoms with Crippen LogP contribution in [0.5, 0.6) is 5.75 Å². The SMILES string of the molecule is C/C(=C\c1ccc2c(c1)N(S(=O)(=O)c1ccc(F)c(Cl)c1)CCO2)c1c(F)cccc1Cl. The molecule has 0 aromatic heterocycles. The van der Waals surface area contributed by atoms with Crippen LogP contribution in [-0.2, 0) is 10.0 Å². The average Bonchev–Trinajstić information content (AvgIpc) is 2.75. The van der Waals surface area contributed by atoms with Crippen LogP contribution in [0.2, 0.25) is 10.0 Å². The maximum atomic E-state index is 14.3. The average molecular weight is 496 g/mol. The Kier molecular flexibility index (Phi) is 6.16. The number of sulfonamides is 1. The van der Waals surface area contributed by atoms with E-state index < -0.39 is 21.7 Å². The first-order chi connectivity index (χ1) is 15.2. The minimum atomic E-state index is -4.03. The van der Waals surface area contributed by atoms with Crippen LogP contribution in [-0.4, -0.2) is 21.6 Å². The maximum absolute atomic E-state index is 14.3. The molecule has 4 nitrogen and oxygen atoms in total. The van der Waals surface area contributed by atoms with Crippen molar-refractivity contribution in [3.8, 4) is 5.75 Å². The van der Waals surface area contributed by atoms with Crippen molar-refractivity contribution >= 4 is 50.6 Å². The molecule has 0 aliphatic carbocycles. The molecule has 4 rings (SSSR count). The van der Waals surface area contributed by atoms with E-state index in [-0.39, 0.29) is 33.7 Å². The van der Waals surface area contributed by atoms with Gasteiger partial charge in [-0.1, -0.05) is 41.4 Å². The highest BCUT2D eigenvalue weighted by Crippen LogP contribution is 2.38. The summed E-state index contributed by atoms with van der Waals surface area (Å²) in [6.07, 6.45) is 1.71. The van der Waals surface area contributed by atoms with Crippen LogP contribution in [0, 0.1) is 11.6 Å². The molecule has 1 heterocycles. The van der Waals surface area contributed by atoms with Crippen molar-refractivity contribution < 1.29 is 21.9 Å². The van der Waals surface area contributed by atoms with Crippen molar-refractivity contribution in [2.75, 3.05) is 17.5 Å². The van der Waals surface area contributed by atoms with Crippen LogP contribution in [0.15, 0.2) is 59.5 Å². The second kappa shape index (κ2) is 8.73. The zero-order valence-corrected chi connectivity index (χ0v) is 19.1. The number of allylic oxidation sites excluding steroid dienone is 1. The molecule has 3 aromatic rings. The van der Waals surface area contributed by atoms with Gasteiger partial charge in [0.1, 0.15) is 24.0 Å². The summed E-state index contributed by atoms with van der Waals surface area (Å²) >= 11 is 11.9. The van der Waals surface area contributed by atoms with Crippen molar-refractivity contribution in [3.63, 3.8) is 0 Å². The predicted molar refractivity (Wildman–Crippen MR) is 123 cm³/mol. The lowest BCUT2D eigenvalue weighted by molar-refractivity contribution is 0.316. The Balaban J connectivity index is 1.77. The number of anilines is 1. The van der Waals surface area contributed by atoms with Gasteiger partial charge in [-0.05, 0) is 60.5 Å². The lowest BCUT2D eigenvalue weighted by Gasteiger charge is -2.30. The first-order valence-corrected chi connectivity index (χ1v) is 11.8. The van der Waals surface area contributed by atoms with Crippen molar-refractivity contribution in [1.29, 1.82) is 0 Å². The van der Waals surface area contributed by atoms with Gasteiger partial charge in [0.25, 0.3) is 10.0 Å². The molecule has 0 radical (unpaired) electrons. The molecule has 0 unspecified atom stereocenters. The predicted octanol–water partition coefficient (Wildman–Crippen LogP) is 6.42. The number of benzene rings is 3. The summed E-state index contributed by atoms with van der Waals surface area (Å²) in [6.45, 7) is 1.94. The number of nitrogens with zero attached hydrogens (tertiary/aromatic N) is 1. The summed E-state index contributed by atoms with van der Waals surface area (Å²) in [5, 5.41) is -0.00827. The molecule has 0 N–H and O–H groups in total. The first-order valence-electron chi connectivity index (χ1n) is 9.56. The molecule has 1 aliphatic heterocycles. The number of ether oxygens (including phenoxy) is 1. The minimum Gasteiger partial charge on any atom is -0.489 e. The minimum absolute atomic E-state index is 0.0651. The van der Waals surface area contributed by atoms with Gasteiger partial charge < -0.3 is 4.74 Å². The van der Waals surface area contributed by atoms with E-state index in [1.807, 2.05) is 0 Å². The Morgan fingerprint density at radius 1 is 1.03 bits per heavy atom. The van der Waals surface area contributed by atoms with Gasteiger partial charge in [0, 0.05) is 5.56 Å². The number of fused-ring (bicyclic) bond motifs is 1. The van der Waals surface area contributed by atoms with Gasteiger partial charge in [0.15, 0.2) is 0 Å². The van der Waals surface area contributed by atoms with Gasteiger partial charge in [-0.15, -0.1) is 0 Å². The van der Waals surface area contributed by atoms with Gasteiger partial charge in [-0.2, -0.15) is 0 Å². The van der Waals surface area contributed by atoms with Crippen LogP contribution in [0.3, 0.4) is 0 Å². The Bertz CT molecular complexity index is 1320. The molecule has 0 bridgehead atoms. The highest BCUT2D eigenvalue weighted by molar-refractivity contribution is 7.92. The maximum Gasteiger partial charge on any atom is 0.264 e. The molecule has 0 saturated carbocycles. The van der Waals surface area contributed by atoms with E-state index in [2.05, 4.69) is 0 Å². The number of hydrogen-bond donors (Lipinski definition) is 0. The highest BCUT2D eigenvalue weighted by atomic mass is 35.5. The topological polar surface area (TPSA) is 46.6 Å². The molecule has 0 fully saturated rings. The summed E-state index contributed by atoms with van der Waals surface area (Å²) in [5.41, 5.74) is 1.79. The molecule has 0 amide bonds. The second-order valence-electron chi connectivity index (χ2n) is 7.15. The smallest absolute Gasteiger partial charge is 0.264 e. The standard InChI is InChI=1S/C23H17Cl2F2NO3S/c1-14(23-17(24)3-2-4-20(23)27)11-15-5-8-22-21(12-15)28(9-10-31-22)32(29,30)16-6-7-19(26)18(25)13-16/h2-8,11-13H,9-10H2,1H3/b14-11+. The van der Waals surface area contributed by atoms with E-state index in [4.69, 9.17) is 27.9 Å². The summed E-state index contributed by atoms with van der Waals surface area (Å²) in [7, 11) is -4.03. The van der Waals surface area contributed by atoms with Crippen LogP contribution in [0.4, 0.5) is 14.5 Å². The van der Waals surface area contributed by atoms with E-state index >= 15 is 0 Å². The molecular weight excluding hydrogens is 479 g/mol. The molecule has 32 heavy (non-hydrogen) atoms. The molecule has 0 saturated heterocycles. The lowest BCUT2D eigenvalue weighted by atomic mass is 10.0. The third-order valence-corrected chi connectivity index (χ3v) is 7.44. The Hall–Kier alpha value is -2.61. The Morgan fingerprint density at radius 3 is 2.53 bits per heavy atom. The van der Waals surface area contributed by atoms with E-state index in [1.165, 1.54) is 22.5 Å². The van der Waals surface area contributed by atoms with Crippen LogP contribution < -0.4 is 9.04 Å². The summed E-state index contributed by atoms with van der Waals surface area (Å²) in [5.74, 6) is -0.778. The van der Waals surface area contributed by atoms with E-state index in [0.717, 1.165) is 12.1 Å². The second-order valence-corrected chi connectivity index (χ2v) is 9.83. The fourth-order valence-electron chi connectivity index (χ4n) is 3.51. The van der Waals surface area contributed by atoms with Crippen molar-refractivity contribution in [2.45, 2.75) is 11.8 Å². The third kappa shape index (κ3) is 4.20. The molecule has 0 spiro atoms. The quantitative estimate of drug-likeness (QED) is 0.392. The normalized spacial score (nSPS) is 14.2. The molecule has 3 aromatic carbocycles. The number of rotatable bonds is 4. The molecule has 0 atom stereocenters. The molecule has 9 heteroatoms. The van der Waals surface area contributed by atoms with Crippen molar-refractivity contribution in [3.05, 3.63) is 87.4 Å². The van der Waals surface area contributed by atoms with Gasteiger partial charge >= 0.3 is 0 Å². The monoisotopic (exact) mass is 495 g/mol. The van der Waals surface area contributed by atoms with E-state index in [0.29, 0.717) is 22.6 Å². The zero-order chi connectivity index (χ0) is 23.0. The zero-order valence-electron chi connectivity index (χ0n) is 16.8. The van der Waals surface area contributed by atoms with Crippen LogP contribution in [0.1, 0.15) is 18.1 Å². The largest absolute Gasteiger partial charge is 0.489 e. The van der Waals surface area contributed by atoms with Crippen LogP contribution in [0.25, 0.3) is 11.6 Å². The van der Waals surface area contributed by atoms with E-state index in [1.54, 1.807) is 37.3 Å². The molecule has 166 valence electrons. The Labute approximate surface area is 194 Å². The van der Waals surface area contributed by atoms with Gasteiger partial charge in [-0.25, -0.2) is 17.2 Å². The van der Waals surface area contributed by atoms with Gasteiger partial charge in [0.2, 0.25) is 0 Å². The summed E-state index contributed by atoms with van der Waals surface area (Å²) in [4.78, 5) is -0.132. The van der Waals surface area contributed by atoms with Gasteiger partial charge in [-0.3, -0.25) is 4.31 Å². The first kappa shape index (κ1) is 22.6. The Morgan fingerprint density at radius 2 is 1.81 bits per heavy atom. The third-order valence-electron chi connectivity index (χ3n) is 5.02. The highest BCUT2D eigenvalue weighted by Gasteiger charge is 2.30. The number of hydrogen-bond acceptors (Lipinski definition) is 3. The van der Waals surface area contributed by atoms with Crippen molar-refractivity contribution in [1.82, 2.24) is 0 Å². The summed E-state index contributed by atoms with van der Waals surface area (Å²) < 4.78 is 61.1. The number of halogens is 4. The summed E-state index contributed by atoms with van der Waals surface area (Å²) in [6, 6.07) is 12.7.